The van der Waals surface area contributed by atoms with E-state index in [4.69, 9.17) is 9.47 Å². The molecule has 1 fully saturated rings. The second kappa shape index (κ2) is 6.37. The average molecular weight is 353 g/mol. The minimum Gasteiger partial charge on any atom is -0.494 e. The van der Waals surface area contributed by atoms with Crippen molar-refractivity contribution in [3.8, 4) is 11.5 Å². The number of fused-ring (bicyclic) bond motifs is 1. The average Bonchev–Trinajstić information content (AvgIpc) is 2.55. The molecule has 7 heteroatoms. The number of sulfonamides is 1. The molecule has 0 atom stereocenters. The van der Waals surface area contributed by atoms with Crippen LogP contribution in [0.3, 0.4) is 0 Å². The van der Waals surface area contributed by atoms with Crippen LogP contribution in [0.5, 0.6) is 11.5 Å². The lowest BCUT2D eigenvalue weighted by atomic mass is 9.83. The summed E-state index contributed by atoms with van der Waals surface area (Å²) in [5.41, 5.74) is -0.0259. The van der Waals surface area contributed by atoms with Crippen LogP contribution >= 0.6 is 0 Å². The summed E-state index contributed by atoms with van der Waals surface area (Å²) in [7, 11) is -3.19. The monoisotopic (exact) mass is 353 g/mol. The minimum absolute atomic E-state index is 0.0473. The number of piperidine rings is 1. The highest BCUT2D eigenvalue weighted by atomic mass is 32.2. The van der Waals surface area contributed by atoms with Gasteiger partial charge in [-0.2, -0.15) is 0 Å². The number of carbonyl (C=O) groups excluding carboxylic acids is 1. The number of ether oxygens (including phenoxy) is 2. The zero-order valence-corrected chi connectivity index (χ0v) is 14.9. The van der Waals surface area contributed by atoms with E-state index in [0.29, 0.717) is 56.0 Å². The third-order valence-electron chi connectivity index (χ3n) is 4.77. The predicted molar refractivity (Wildman–Crippen MR) is 90.2 cm³/mol. The molecule has 2 heterocycles. The number of nitrogens with zero attached hydrogens (tertiary/aromatic N) is 1. The molecular formula is C17H23NO5S. The molecule has 0 amide bonds. The Hall–Kier alpha value is -1.60. The molecule has 132 valence electrons. The molecule has 6 nitrogen and oxygen atoms in total. The standard InChI is InChI=1S/C17H23NO5S/c1-3-22-13-5-6-14-15(19)12-17(23-16(14)11-13)7-9-18(10-8-17)24(20,21)4-2/h5-6,11H,3-4,7-10,12H2,1-2H3. The molecule has 2 aliphatic rings. The molecule has 0 saturated carbocycles. The van der Waals surface area contributed by atoms with Gasteiger partial charge in [0.25, 0.3) is 0 Å². The summed E-state index contributed by atoms with van der Waals surface area (Å²) < 4.78 is 37.2. The fourth-order valence-electron chi connectivity index (χ4n) is 3.36. The maximum Gasteiger partial charge on any atom is 0.213 e. The van der Waals surface area contributed by atoms with Crippen molar-refractivity contribution in [1.29, 1.82) is 0 Å². The smallest absolute Gasteiger partial charge is 0.213 e. The van der Waals surface area contributed by atoms with Gasteiger partial charge in [-0.3, -0.25) is 4.79 Å². The fraction of sp³-hybridized carbons (Fsp3) is 0.588. The number of Topliss-reactive ketones (excluding diaryl/α,β-unsaturated/α-hetero) is 1. The predicted octanol–water partition coefficient (Wildman–Crippen LogP) is 2.23. The van der Waals surface area contributed by atoms with Crippen molar-refractivity contribution in [2.24, 2.45) is 0 Å². The quantitative estimate of drug-likeness (QED) is 0.830. The van der Waals surface area contributed by atoms with E-state index in [9.17, 15) is 13.2 Å². The molecule has 1 aromatic rings. The summed E-state index contributed by atoms with van der Waals surface area (Å²) in [6, 6.07) is 5.27. The highest BCUT2D eigenvalue weighted by Gasteiger charge is 2.44. The van der Waals surface area contributed by atoms with Gasteiger partial charge in [0, 0.05) is 32.0 Å². The summed E-state index contributed by atoms with van der Waals surface area (Å²) in [5, 5.41) is 0. The number of benzene rings is 1. The zero-order chi connectivity index (χ0) is 17.4. The topological polar surface area (TPSA) is 72.9 Å². The molecule has 0 unspecified atom stereocenters. The van der Waals surface area contributed by atoms with E-state index in [-0.39, 0.29) is 11.5 Å². The van der Waals surface area contributed by atoms with Gasteiger partial charge in [0.1, 0.15) is 17.1 Å². The van der Waals surface area contributed by atoms with Crippen molar-refractivity contribution in [2.75, 3.05) is 25.4 Å². The highest BCUT2D eigenvalue weighted by Crippen LogP contribution is 2.41. The Kier molecular flexibility index (Phi) is 4.57. The van der Waals surface area contributed by atoms with E-state index in [1.807, 2.05) is 6.92 Å². The molecule has 0 aliphatic carbocycles. The number of carbonyl (C=O) groups is 1. The SMILES string of the molecule is CCOc1ccc2c(c1)OC1(CCN(S(=O)(=O)CC)CC1)CC2=O. The maximum atomic E-state index is 12.5. The van der Waals surface area contributed by atoms with Gasteiger partial charge in [-0.15, -0.1) is 0 Å². The Labute approximate surface area is 142 Å². The molecule has 0 bridgehead atoms. The molecule has 1 spiro atoms. The van der Waals surface area contributed by atoms with Crippen LogP contribution in [0.25, 0.3) is 0 Å². The van der Waals surface area contributed by atoms with Crippen LogP contribution in [-0.2, 0) is 10.0 Å². The van der Waals surface area contributed by atoms with Crippen molar-refractivity contribution in [1.82, 2.24) is 4.31 Å². The summed E-state index contributed by atoms with van der Waals surface area (Å²) >= 11 is 0. The van der Waals surface area contributed by atoms with Crippen molar-refractivity contribution in [2.45, 2.75) is 38.7 Å². The van der Waals surface area contributed by atoms with Crippen LogP contribution in [0.4, 0.5) is 0 Å². The van der Waals surface area contributed by atoms with Crippen molar-refractivity contribution in [3.05, 3.63) is 23.8 Å². The highest BCUT2D eigenvalue weighted by molar-refractivity contribution is 7.89. The molecular weight excluding hydrogens is 330 g/mol. The minimum atomic E-state index is -3.19. The molecule has 1 aromatic carbocycles. The number of rotatable bonds is 4. The van der Waals surface area contributed by atoms with Gasteiger partial charge in [-0.1, -0.05) is 0 Å². The molecule has 0 aromatic heterocycles. The van der Waals surface area contributed by atoms with E-state index in [0.717, 1.165) is 0 Å². The van der Waals surface area contributed by atoms with E-state index in [2.05, 4.69) is 0 Å². The number of ketones is 1. The Bertz CT molecular complexity index is 735. The lowest BCUT2D eigenvalue weighted by Gasteiger charge is -2.43. The lowest BCUT2D eigenvalue weighted by Crippen LogP contribution is -2.52. The van der Waals surface area contributed by atoms with Gasteiger partial charge >= 0.3 is 0 Å². The van der Waals surface area contributed by atoms with Crippen molar-refractivity contribution < 1.29 is 22.7 Å². The lowest BCUT2D eigenvalue weighted by molar-refractivity contribution is 0.00578. The summed E-state index contributed by atoms with van der Waals surface area (Å²) in [6.45, 7) is 4.87. The maximum absolute atomic E-state index is 12.5. The van der Waals surface area contributed by atoms with Crippen LogP contribution in [0.2, 0.25) is 0 Å². The van der Waals surface area contributed by atoms with Crippen LogP contribution < -0.4 is 9.47 Å². The molecule has 0 N–H and O–H groups in total. The molecule has 24 heavy (non-hydrogen) atoms. The van der Waals surface area contributed by atoms with Crippen molar-refractivity contribution in [3.63, 3.8) is 0 Å². The van der Waals surface area contributed by atoms with E-state index in [1.165, 1.54) is 4.31 Å². The van der Waals surface area contributed by atoms with Gasteiger partial charge in [0.15, 0.2) is 5.78 Å². The van der Waals surface area contributed by atoms with Gasteiger partial charge in [-0.25, -0.2) is 12.7 Å². The first kappa shape index (κ1) is 17.2. The third kappa shape index (κ3) is 3.15. The molecule has 1 saturated heterocycles. The second-order valence-electron chi connectivity index (χ2n) is 6.28. The van der Waals surface area contributed by atoms with Crippen LogP contribution in [-0.4, -0.2) is 49.6 Å². The van der Waals surface area contributed by atoms with Crippen LogP contribution in [0.1, 0.15) is 43.5 Å². The van der Waals surface area contributed by atoms with Crippen molar-refractivity contribution >= 4 is 15.8 Å². The van der Waals surface area contributed by atoms with E-state index >= 15 is 0 Å². The Balaban J connectivity index is 1.80. The van der Waals surface area contributed by atoms with Gasteiger partial charge in [0.05, 0.1) is 24.3 Å². The second-order valence-corrected chi connectivity index (χ2v) is 8.53. The van der Waals surface area contributed by atoms with Crippen LogP contribution in [0.15, 0.2) is 18.2 Å². The molecule has 2 aliphatic heterocycles. The first-order valence-corrected chi connectivity index (χ1v) is 9.97. The van der Waals surface area contributed by atoms with E-state index in [1.54, 1.807) is 25.1 Å². The van der Waals surface area contributed by atoms with Gasteiger partial charge in [0.2, 0.25) is 10.0 Å². The van der Waals surface area contributed by atoms with E-state index < -0.39 is 15.6 Å². The normalized spacial score (nSPS) is 20.5. The fourth-order valence-corrected chi connectivity index (χ4v) is 4.47. The van der Waals surface area contributed by atoms with Gasteiger partial charge < -0.3 is 9.47 Å². The Morgan fingerprint density at radius 2 is 1.96 bits per heavy atom. The number of hydrogen-bond donors (Lipinski definition) is 0. The summed E-state index contributed by atoms with van der Waals surface area (Å²) in [4.78, 5) is 12.5. The Morgan fingerprint density at radius 1 is 1.25 bits per heavy atom. The zero-order valence-electron chi connectivity index (χ0n) is 14.1. The number of hydrogen-bond acceptors (Lipinski definition) is 5. The largest absolute Gasteiger partial charge is 0.494 e. The summed E-state index contributed by atoms with van der Waals surface area (Å²) in [6.07, 6.45) is 1.35. The van der Waals surface area contributed by atoms with Gasteiger partial charge in [-0.05, 0) is 26.0 Å². The molecule has 0 radical (unpaired) electrons. The summed E-state index contributed by atoms with van der Waals surface area (Å²) in [5.74, 6) is 1.36. The molecule has 3 rings (SSSR count). The first-order chi connectivity index (χ1) is 11.4. The third-order valence-corrected chi connectivity index (χ3v) is 6.65. The Morgan fingerprint density at radius 3 is 2.58 bits per heavy atom. The van der Waals surface area contributed by atoms with Crippen LogP contribution in [0, 0.1) is 0 Å². The first-order valence-electron chi connectivity index (χ1n) is 8.36.